The quantitative estimate of drug-likeness (QED) is 0.800. The second-order valence-electron chi connectivity index (χ2n) is 8.45. The van der Waals surface area contributed by atoms with Crippen molar-refractivity contribution in [1.29, 1.82) is 0 Å². The third-order valence-electron chi connectivity index (χ3n) is 6.44. The minimum absolute atomic E-state index is 0.0181. The summed E-state index contributed by atoms with van der Waals surface area (Å²) in [6, 6.07) is 0.395. The molecule has 0 aromatic rings. The Kier molecular flexibility index (Phi) is 7.35. The van der Waals surface area contributed by atoms with Crippen molar-refractivity contribution in [3.63, 3.8) is 0 Å². The van der Waals surface area contributed by atoms with Crippen molar-refractivity contribution >= 4 is 11.9 Å². The van der Waals surface area contributed by atoms with E-state index in [1.54, 1.807) is 0 Å². The van der Waals surface area contributed by atoms with Gasteiger partial charge < -0.3 is 19.9 Å². The fourth-order valence-corrected chi connectivity index (χ4v) is 4.32. The van der Waals surface area contributed by atoms with Crippen LogP contribution in [0.25, 0.3) is 0 Å². The molecular weight excluding hydrogens is 344 g/mol. The lowest BCUT2D eigenvalue weighted by atomic mass is 9.95. The molecule has 3 aliphatic rings. The summed E-state index contributed by atoms with van der Waals surface area (Å²) in [5.74, 6) is 1.12. The monoisotopic (exact) mass is 380 g/mol. The molecule has 3 amide bonds. The molecule has 7 heteroatoms. The minimum Gasteiger partial charge on any atom is -0.378 e. The number of urea groups is 1. The number of carbonyl (C=O) groups is 2. The molecule has 0 aliphatic carbocycles. The van der Waals surface area contributed by atoms with Crippen LogP contribution in [0.15, 0.2) is 0 Å². The summed E-state index contributed by atoms with van der Waals surface area (Å²) in [6.45, 7) is 11.5. The maximum atomic E-state index is 12.6. The Bertz CT molecular complexity index is 493. The molecule has 1 unspecified atom stereocenters. The summed E-state index contributed by atoms with van der Waals surface area (Å²) in [5.41, 5.74) is 0. The zero-order valence-electron chi connectivity index (χ0n) is 17.0. The normalized spacial score (nSPS) is 24.7. The summed E-state index contributed by atoms with van der Waals surface area (Å²) < 4.78 is 5.32. The number of nitrogens with zero attached hydrogens (tertiary/aromatic N) is 3. The lowest BCUT2D eigenvalue weighted by Crippen LogP contribution is -2.51. The number of morpholine rings is 1. The first-order chi connectivity index (χ1) is 13.0. The maximum Gasteiger partial charge on any atom is 0.317 e. The van der Waals surface area contributed by atoms with Crippen LogP contribution in [0, 0.1) is 11.8 Å². The number of carbonyl (C=O) groups excluding carboxylic acids is 2. The molecule has 0 saturated carbocycles. The van der Waals surface area contributed by atoms with Gasteiger partial charge in [-0.25, -0.2) is 4.79 Å². The largest absolute Gasteiger partial charge is 0.378 e. The average molecular weight is 381 g/mol. The van der Waals surface area contributed by atoms with Crippen molar-refractivity contribution in [1.82, 2.24) is 20.0 Å². The SMILES string of the molecule is CC1CCN(C(C)CNC(=O)N2CCC(C(=O)N3CCOCC3)CC2)CC1. The van der Waals surface area contributed by atoms with E-state index in [4.69, 9.17) is 4.74 Å². The van der Waals surface area contributed by atoms with E-state index in [0.29, 0.717) is 52.0 Å². The number of hydrogen-bond acceptors (Lipinski definition) is 4. The van der Waals surface area contributed by atoms with Crippen LogP contribution >= 0.6 is 0 Å². The second-order valence-corrected chi connectivity index (χ2v) is 8.45. The van der Waals surface area contributed by atoms with E-state index in [9.17, 15) is 9.59 Å². The molecular formula is C20H36N4O3. The lowest BCUT2D eigenvalue weighted by Gasteiger charge is -2.37. The highest BCUT2D eigenvalue weighted by Gasteiger charge is 2.31. The lowest BCUT2D eigenvalue weighted by molar-refractivity contribution is -0.141. The van der Waals surface area contributed by atoms with E-state index >= 15 is 0 Å². The molecule has 3 saturated heterocycles. The fraction of sp³-hybridized carbons (Fsp3) is 0.900. The number of rotatable bonds is 4. The Hall–Kier alpha value is -1.34. The van der Waals surface area contributed by atoms with Crippen molar-refractivity contribution < 1.29 is 14.3 Å². The molecule has 3 rings (SSSR count). The van der Waals surface area contributed by atoms with E-state index in [0.717, 1.165) is 31.8 Å². The molecule has 3 aliphatic heterocycles. The molecule has 0 aromatic heterocycles. The van der Waals surface area contributed by atoms with Crippen LogP contribution < -0.4 is 5.32 Å². The number of amides is 3. The van der Waals surface area contributed by atoms with Gasteiger partial charge in [-0.05, 0) is 51.6 Å². The Morgan fingerprint density at radius 3 is 2.22 bits per heavy atom. The fourth-order valence-electron chi connectivity index (χ4n) is 4.32. The van der Waals surface area contributed by atoms with E-state index in [1.807, 2.05) is 9.80 Å². The molecule has 3 heterocycles. The molecule has 3 fully saturated rings. The first-order valence-electron chi connectivity index (χ1n) is 10.7. The molecule has 0 aromatic carbocycles. The third kappa shape index (κ3) is 5.57. The van der Waals surface area contributed by atoms with Crippen LogP contribution in [0.3, 0.4) is 0 Å². The Balaban J connectivity index is 1.36. The smallest absolute Gasteiger partial charge is 0.317 e. The maximum absolute atomic E-state index is 12.6. The molecule has 154 valence electrons. The molecule has 0 radical (unpaired) electrons. The summed E-state index contributed by atoms with van der Waals surface area (Å²) in [4.78, 5) is 31.4. The molecule has 0 bridgehead atoms. The van der Waals surface area contributed by atoms with Crippen LogP contribution in [0.1, 0.15) is 39.5 Å². The zero-order chi connectivity index (χ0) is 19.2. The summed E-state index contributed by atoms with van der Waals surface area (Å²) in [6.07, 6.45) is 4.04. The highest BCUT2D eigenvalue weighted by Crippen LogP contribution is 2.21. The number of ether oxygens (including phenoxy) is 1. The molecule has 0 spiro atoms. The van der Waals surface area contributed by atoms with E-state index < -0.39 is 0 Å². The summed E-state index contributed by atoms with van der Waals surface area (Å²) >= 11 is 0. The van der Waals surface area contributed by atoms with Gasteiger partial charge in [0.25, 0.3) is 0 Å². The predicted molar refractivity (Wildman–Crippen MR) is 105 cm³/mol. The van der Waals surface area contributed by atoms with Gasteiger partial charge in [-0.15, -0.1) is 0 Å². The van der Waals surface area contributed by atoms with E-state index in [-0.39, 0.29) is 17.9 Å². The summed E-state index contributed by atoms with van der Waals surface area (Å²) in [5, 5.41) is 3.10. The first kappa shape index (κ1) is 20.4. The number of hydrogen-bond donors (Lipinski definition) is 1. The van der Waals surface area contributed by atoms with E-state index in [1.165, 1.54) is 12.8 Å². The topological polar surface area (TPSA) is 65.1 Å². The van der Waals surface area contributed by atoms with Crippen molar-refractivity contribution in [2.24, 2.45) is 11.8 Å². The van der Waals surface area contributed by atoms with Gasteiger partial charge in [0, 0.05) is 44.7 Å². The van der Waals surface area contributed by atoms with Crippen LogP contribution in [0.4, 0.5) is 4.79 Å². The minimum atomic E-state index is 0.0181. The van der Waals surface area contributed by atoms with Crippen molar-refractivity contribution in [2.75, 3.05) is 59.0 Å². The highest BCUT2D eigenvalue weighted by molar-refractivity contribution is 5.80. The number of nitrogens with one attached hydrogen (secondary N) is 1. The summed E-state index contributed by atoms with van der Waals surface area (Å²) in [7, 11) is 0. The number of likely N-dealkylation sites (tertiary alicyclic amines) is 2. The standard InChI is InChI=1S/C20H36N4O3/c1-16-3-7-22(8-4-16)17(2)15-21-20(26)24-9-5-18(6-10-24)19(25)23-11-13-27-14-12-23/h16-18H,3-15H2,1-2H3,(H,21,26). The van der Waals surface area contributed by atoms with Crippen LogP contribution in [-0.4, -0.2) is 91.7 Å². The van der Waals surface area contributed by atoms with Gasteiger partial charge in [-0.3, -0.25) is 9.69 Å². The van der Waals surface area contributed by atoms with Crippen LogP contribution in [0.2, 0.25) is 0 Å². The van der Waals surface area contributed by atoms with Crippen LogP contribution in [-0.2, 0) is 9.53 Å². The Morgan fingerprint density at radius 1 is 0.963 bits per heavy atom. The number of piperidine rings is 2. The van der Waals surface area contributed by atoms with Gasteiger partial charge in [0.15, 0.2) is 0 Å². The Morgan fingerprint density at radius 2 is 1.59 bits per heavy atom. The third-order valence-corrected chi connectivity index (χ3v) is 6.44. The Labute approximate surface area is 163 Å². The van der Waals surface area contributed by atoms with Gasteiger partial charge in [0.05, 0.1) is 13.2 Å². The van der Waals surface area contributed by atoms with Gasteiger partial charge in [0.2, 0.25) is 5.91 Å². The second kappa shape index (κ2) is 9.73. The van der Waals surface area contributed by atoms with Crippen molar-refractivity contribution in [3.05, 3.63) is 0 Å². The molecule has 1 N–H and O–H groups in total. The molecule has 7 nitrogen and oxygen atoms in total. The van der Waals surface area contributed by atoms with Crippen molar-refractivity contribution in [3.8, 4) is 0 Å². The van der Waals surface area contributed by atoms with Gasteiger partial charge in [-0.2, -0.15) is 0 Å². The van der Waals surface area contributed by atoms with Crippen molar-refractivity contribution in [2.45, 2.75) is 45.6 Å². The van der Waals surface area contributed by atoms with Gasteiger partial charge in [-0.1, -0.05) is 6.92 Å². The predicted octanol–water partition coefficient (Wildman–Crippen LogP) is 1.39. The zero-order valence-corrected chi connectivity index (χ0v) is 17.0. The molecule has 1 atom stereocenters. The van der Waals surface area contributed by atoms with E-state index in [2.05, 4.69) is 24.1 Å². The van der Waals surface area contributed by atoms with Gasteiger partial charge in [0.1, 0.15) is 0 Å². The highest BCUT2D eigenvalue weighted by atomic mass is 16.5. The molecule has 27 heavy (non-hydrogen) atoms. The van der Waals surface area contributed by atoms with Crippen LogP contribution in [0.5, 0.6) is 0 Å². The first-order valence-corrected chi connectivity index (χ1v) is 10.7. The average Bonchev–Trinajstić information content (AvgIpc) is 2.72. The van der Waals surface area contributed by atoms with Gasteiger partial charge >= 0.3 is 6.03 Å².